The lowest BCUT2D eigenvalue weighted by atomic mass is 10.1. The fourth-order valence-electron chi connectivity index (χ4n) is 1.97. The van der Waals surface area contributed by atoms with Crippen molar-refractivity contribution in [3.63, 3.8) is 0 Å². The van der Waals surface area contributed by atoms with Crippen molar-refractivity contribution in [1.82, 2.24) is 5.32 Å². The lowest BCUT2D eigenvalue weighted by molar-refractivity contribution is 0.0934. The fraction of sp³-hybridized carbons (Fsp3) is 0.417. The lowest BCUT2D eigenvalue weighted by Crippen LogP contribution is -2.38. The molecule has 0 bridgehead atoms. The summed E-state index contributed by atoms with van der Waals surface area (Å²) in [6.07, 6.45) is 2.79. The predicted molar refractivity (Wildman–Crippen MR) is 61.1 cm³/mol. The van der Waals surface area contributed by atoms with Gasteiger partial charge < -0.3 is 5.32 Å². The minimum atomic E-state index is -0.496. The van der Waals surface area contributed by atoms with Gasteiger partial charge in [0, 0.05) is 6.04 Å². The zero-order valence-corrected chi connectivity index (χ0v) is 9.51. The Bertz CT molecular complexity index is 396. The molecule has 1 aromatic carbocycles. The minimum Gasteiger partial charge on any atom is -0.348 e. The number of alkyl halides is 1. The van der Waals surface area contributed by atoms with Crippen molar-refractivity contribution in [2.45, 2.75) is 30.7 Å². The van der Waals surface area contributed by atoms with Gasteiger partial charge in [-0.05, 0) is 31.4 Å². The predicted octanol–water partition coefficient (Wildman–Crippen LogP) is 2.72. The monoisotopic (exact) mass is 241 g/mol. The number of carbonyl (C=O) groups is 1. The molecule has 86 valence electrons. The third kappa shape index (κ3) is 2.35. The molecule has 1 fully saturated rings. The molecule has 0 heterocycles. The summed E-state index contributed by atoms with van der Waals surface area (Å²) in [5.41, 5.74) is 0.0817. The van der Waals surface area contributed by atoms with E-state index in [1.807, 2.05) is 0 Å². The average molecular weight is 242 g/mol. The Morgan fingerprint density at radius 3 is 2.75 bits per heavy atom. The van der Waals surface area contributed by atoms with Crippen LogP contribution in [0.4, 0.5) is 4.39 Å². The van der Waals surface area contributed by atoms with E-state index in [1.54, 1.807) is 12.1 Å². The van der Waals surface area contributed by atoms with Crippen LogP contribution in [0.5, 0.6) is 0 Å². The minimum absolute atomic E-state index is 0.0317. The maximum Gasteiger partial charge on any atom is 0.254 e. The molecule has 0 spiro atoms. The van der Waals surface area contributed by atoms with Gasteiger partial charge in [0.1, 0.15) is 5.82 Å². The number of halogens is 2. The average Bonchev–Trinajstić information content (AvgIpc) is 2.65. The summed E-state index contributed by atoms with van der Waals surface area (Å²) in [4.78, 5) is 11.8. The van der Waals surface area contributed by atoms with Crippen molar-refractivity contribution in [2.24, 2.45) is 0 Å². The second-order valence-corrected chi connectivity index (χ2v) is 4.57. The van der Waals surface area contributed by atoms with Gasteiger partial charge in [0.15, 0.2) is 0 Å². The van der Waals surface area contributed by atoms with Crippen molar-refractivity contribution < 1.29 is 9.18 Å². The second kappa shape index (κ2) is 4.83. The highest BCUT2D eigenvalue weighted by atomic mass is 35.5. The first kappa shape index (κ1) is 11.4. The van der Waals surface area contributed by atoms with Crippen LogP contribution in [0.15, 0.2) is 24.3 Å². The van der Waals surface area contributed by atoms with Crippen LogP contribution >= 0.6 is 11.6 Å². The summed E-state index contributed by atoms with van der Waals surface area (Å²) in [6, 6.07) is 5.93. The van der Waals surface area contributed by atoms with E-state index in [0.717, 1.165) is 19.3 Å². The summed E-state index contributed by atoms with van der Waals surface area (Å²) in [5, 5.41) is 2.74. The standard InChI is InChI=1S/C12H13ClFNO/c13-9-5-3-7-11(9)15-12(16)8-4-1-2-6-10(8)14/h1-2,4,6,9,11H,3,5,7H2,(H,15,16). The van der Waals surface area contributed by atoms with Crippen molar-refractivity contribution in [3.05, 3.63) is 35.6 Å². The van der Waals surface area contributed by atoms with Crippen molar-refractivity contribution >= 4 is 17.5 Å². The molecule has 2 nitrogen and oxygen atoms in total. The van der Waals surface area contributed by atoms with Gasteiger partial charge in [0.05, 0.1) is 10.9 Å². The van der Waals surface area contributed by atoms with Gasteiger partial charge in [-0.1, -0.05) is 12.1 Å². The molecule has 1 amide bonds. The fourth-order valence-corrected chi connectivity index (χ4v) is 2.31. The number of benzene rings is 1. The summed E-state index contributed by atoms with van der Waals surface area (Å²) in [5.74, 6) is -0.875. The first-order valence-electron chi connectivity index (χ1n) is 5.38. The molecule has 4 heteroatoms. The highest BCUT2D eigenvalue weighted by Gasteiger charge is 2.27. The Hall–Kier alpha value is -1.09. The van der Waals surface area contributed by atoms with Crippen molar-refractivity contribution in [1.29, 1.82) is 0 Å². The van der Waals surface area contributed by atoms with E-state index in [-0.39, 0.29) is 22.9 Å². The highest BCUT2D eigenvalue weighted by molar-refractivity contribution is 6.21. The maximum absolute atomic E-state index is 13.3. The van der Waals surface area contributed by atoms with Crippen LogP contribution in [-0.4, -0.2) is 17.3 Å². The molecular weight excluding hydrogens is 229 g/mol. The molecule has 0 radical (unpaired) electrons. The molecule has 2 rings (SSSR count). The summed E-state index contributed by atoms with van der Waals surface area (Å²) >= 11 is 6.04. The van der Waals surface area contributed by atoms with E-state index in [2.05, 4.69) is 5.32 Å². The molecule has 2 atom stereocenters. The van der Waals surface area contributed by atoms with Gasteiger partial charge >= 0.3 is 0 Å². The molecule has 1 aliphatic carbocycles. The van der Waals surface area contributed by atoms with E-state index in [4.69, 9.17) is 11.6 Å². The van der Waals surface area contributed by atoms with Crippen LogP contribution in [0.3, 0.4) is 0 Å². The smallest absolute Gasteiger partial charge is 0.254 e. The van der Waals surface area contributed by atoms with Gasteiger partial charge in [-0.25, -0.2) is 4.39 Å². The molecule has 16 heavy (non-hydrogen) atoms. The van der Waals surface area contributed by atoms with E-state index in [9.17, 15) is 9.18 Å². The van der Waals surface area contributed by atoms with Gasteiger partial charge in [0.25, 0.3) is 5.91 Å². The largest absolute Gasteiger partial charge is 0.348 e. The molecule has 1 saturated carbocycles. The quantitative estimate of drug-likeness (QED) is 0.793. The number of amides is 1. The number of nitrogens with one attached hydrogen (secondary N) is 1. The van der Waals surface area contributed by atoms with Gasteiger partial charge in [-0.15, -0.1) is 11.6 Å². The van der Waals surface area contributed by atoms with Crippen LogP contribution in [0, 0.1) is 5.82 Å². The Kier molecular flexibility index (Phi) is 3.44. The van der Waals surface area contributed by atoms with E-state index < -0.39 is 5.82 Å². The lowest BCUT2D eigenvalue weighted by Gasteiger charge is -2.15. The topological polar surface area (TPSA) is 29.1 Å². The first-order valence-corrected chi connectivity index (χ1v) is 5.81. The van der Waals surface area contributed by atoms with Gasteiger partial charge in [-0.2, -0.15) is 0 Å². The third-order valence-electron chi connectivity index (χ3n) is 2.87. The van der Waals surface area contributed by atoms with Crippen LogP contribution in [-0.2, 0) is 0 Å². The van der Waals surface area contributed by atoms with Crippen LogP contribution in [0.2, 0.25) is 0 Å². The molecule has 1 aromatic rings. The summed E-state index contributed by atoms with van der Waals surface area (Å²) in [7, 11) is 0. The van der Waals surface area contributed by atoms with E-state index >= 15 is 0 Å². The van der Waals surface area contributed by atoms with Gasteiger partial charge in [0.2, 0.25) is 0 Å². The second-order valence-electron chi connectivity index (χ2n) is 4.01. The van der Waals surface area contributed by atoms with E-state index in [0.29, 0.717) is 0 Å². The first-order chi connectivity index (χ1) is 7.68. The number of hydrogen-bond donors (Lipinski definition) is 1. The SMILES string of the molecule is O=C(NC1CCCC1Cl)c1ccccc1F. The Morgan fingerprint density at radius 1 is 1.38 bits per heavy atom. The molecule has 1 aliphatic rings. The Balaban J connectivity index is 2.06. The van der Waals surface area contributed by atoms with Crippen LogP contribution in [0.1, 0.15) is 29.6 Å². The van der Waals surface area contributed by atoms with Gasteiger partial charge in [-0.3, -0.25) is 4.79 Å². The summed E-state index contributed by atoms with van der Waals surface area (Å²) < 4.78 is 13.3. The Labute approximate surface area is 98.8 Å². The molecule has 0 aromatic heterocycles. The van der Waals surface area contributed by atoms with Crippen LogP contribution < -0.4 is 5.32 Å². The molecule has 0 saturated heterocycles. The summed E-state index contributed by atoms with van der Waals surface area (Å²) in [6.45, 7) is 0. The normalized spacial score (nSPS) is 24.4. The number of rotatable bonds is 2. The Morgan fingerprint density at radius 2 is 2.12 bits per heavy atom. The van der Waals surface area contributed by atoms with Crippen molar-refractivity contribution in [3.8, 4) is 0 Å². The molecule has 2 unspecified atom stereocenters. The van der Waals surface area contributed by atoms with E-state index in [1.165, 1.54) is 12.1 Å². The zero-order chi connectivity index (χ0) is 11.5. The number of hydrogen-bond acceptors (Lipinski definition) is 1. The molecule has 1 N–H and O–H groups in total. The molecule has 0 aliphatic heterocycles. The molecular formula is C12H13ClFNO. The van der Waals surface area contributed by atoms with Crippen LogP contribution in [0.25, 0.3) is 0 Å². The van der Waals surface area contributed by atoms with Crippen molar-refractivity contribution in [2.75, 3.05) is 0 Å². The number of carbonyl (C=O) groups excluding carboxylic acids is 1. The highest BCUT2D eigenvalue weighted by Crippen LogP contribution is 2.24. The maximum atomic E-state index is 13.3. The zero-order valence-electron chi connectivity index (χ0n) is 8.75. The third-order valence-corrected chi connectivity index (χ3v) is 3.39.